The number of hydrogen-bond acceptors (Lipinski definition) is 5. The molecule has 1 fully saturated rings. The van der Waals surface area contributed by atoms with Gasteiger partial charge >= 0.3 is 0 Å². The topological polar surface area (TPSA) is 60.0 Å². The zero-order valence-electron chi connectivity index (χ0n) is 11.4. The zero-order valence-corrected chi connectivity index (χ0v) is 11.4. The fourth-order valence-electron chi connectivity index (χ4n) is 2.34. The normalized spacial score (nSPS) is 16.7. The predicted octanol–water partition coefficient (Wildman–Crippen LogP) is 1.58. The van der Waals surface area contributed by atoms with Gasteiger partial charge in [0.1, 0.15) is 0 Å². The molecule has 6 nitrogen and oxygen atoms in total. The summed E-state index contributed by atoms with van der Waals surface area (Å²) in [6.07, 6.45) is 5.89. The van der Waals surface area contributed by atoms with E-state index in [2.05, 4.69) is 40.2 Å². The Hall–Kier alpha value is -1.69. The first-order valence-corrected chi connectivity index (χ1v) is 6.79. The van der Waals surface area contributed by atoms with Gasteiger partial charge in [-0.2, -0.15) is 10.1 Å². The van der Waals surface area contributed by atoms with Crippen LogP contribution < -0.4 is 0 Å². The lowest BCUT2D eigenvalue weighted by molar-refractivity contribution is 0.0872. The molecule has 3 rings (SSSR count). The molecule has 1 aliphatic rings. The monoisotopic (exact) mass is 261 g/mol. The quantitative estimate of drug-likeness (QED) is 0.818. The van der Waals surface area contributed by atoms with Crippen molar-refractivity contribution in [3.8, 4) is 0 Å². The maximum atomic E-state index is 5.18. The summed E-state index contributed by atoms with van der Waals surface area (Å²) < 4.78 is 7.23. The summed E-state index contributed by atoms with van der Waals surface area (Å²) in [5.74, 6) is 1.54. The Morgan fingerprint density at radius 1 is 1.42 bits per heavy atom. The maximum Gasteiger partial charge on any atom is 0.226 e. The average Bonchev–Trinajstić information content (AvgIpc) is 2.93. The van der Waals surface area contributed by atoms with Gasteiger partial charge in [0.05, 0.1) is 18.8 Å². The highest BCUT2D eigenvalue weighted by atomic mass is 16.5. The minimum atomic E-state index is 0.482. The predicted molar refractivity (Wildman–Crippen MR) is 69.6 cm³/mol. The standard InChI is InChI=1S/C13H19N5O/c1-3-4-13-15-12(16-19-13)9-17-7-11(8-17)18-6-10(2)5-14-18/h5-6,11H,3-4,7-9H2,1-2H3. The van der Waals surface area contributed by atoms with Crippen LogP contribution in [0.25, 0.3) is 0 Å². The minimum Gasteiger partial charge on any atom is -0.339 e. The average molecular weight is 261 g/mol. The van der Waals surface area contributed by atoms with Crippen molar-refractivity contribution < 1.29 is 4.52 Å². The molecule has 1 saturated heterocycles. The second-order valence-electron chi connectivity index (χ2n) is 5.20. The van der Waals surface area contributed by atoms with Crippen LogP contribution in [0.3, 0.4) is 0 Å². The van der Waals surface area contributed by atoms with Crippen molar-refractivity contribution in [2.75, 3.05) is 13.1 Å². The molecule has 19 heavy (non-hydrogen) atoms. The van der Waals surface area contributed by atoms with Gasteiger partial charge in [-0.3, -0.25) is 9.58 Å². The molecule has 0 radical (unpaired) electrons. The minimum absolute atomic E-state index is 0.482. The third-order valence-corrected chi connectivity index (χ3v) is 3.38. The van der Waals surface area contributed by atoms with E-state index in [1.54, 1.807) is 0 Å². The van der Waals surface area contributed by atoms with Crippen LogP contribution in [0.5, 0.6) is 0 Å². The summed E-state index contributed by atoms with van der Waals surface area (Å²) in [5.41, 5.74) is 1.21. The van der Waals surface area contributed by atoms with Gasteiger partial charge in [0.25, 0.3) is 0 Å². The summed E-state index contributed by atoms with van der Waals surface area (Å²) in [5, 5.41) is 8.36. The molecule has 0 saturated carbocycles. The summed E-state index contributed by atoms with van der Waals surface area (Å²) in [4.78, 5) is 6.69. The molecule has 0 amide bonds. The van der Waals surface area contributed by atoms with E-state index in [4.69, 9.17) is 4.52 Å². The SMILES string of the molecule is CCCc1nc(CN2CC(n3cc(C)cn3)C2)no1. The summed E-state index contributed by atoms with van der Waals surface area (Å²) in [6.45, 7) is 6.94. The molecule has 0 N–H and O–H groups in total. The number of nitrogens with zero attached hydrogens (tertiary/aromatic N) is 5. The van der Waals surface area contributed by atoms with Crippen LogP contribution in [-0.2, 0) is 13.0 Å². The van der Waals surface area contributed by atoms with Crippen molar-refractivity contribution in [1.82, 2.24) is 24.8 Å². The van der Waals surface area contributed by atoms with Crippen LogP contribution >= 0.6 is 0 Å². The molecule has 0 spiro atoms. The van der Waals surface area contributed by atoms with E-state index in [0.717, 1.165) is 44.2 Å². The van der Waals surface area contributed by atoms with Crippen LogP contribution in [-0.4, -0.2) is 37.9 Å². The molecule has 0 atom stereocenters. The van der Waals surface area contributed by atoms with E-state index >= 15 is 0 Å². The van der Waals surface area contributed by atoms with Crippen molar-refractivity contribution in [2.24, 2.45) is 0 Å². The summed E-state index contributed by atoms with van der Waals surface area (Å²) in [7, 11) is 0. The molecule has 1 aliphatic heterocycles. The van der Waals surface area contributed by atoms with E-state index in [1.165, 1.54) is 5.56 Å². The lowest BCUT2D eigenvalue weighted by Gasteiger charge is -2.38. The Morgan fingerprint density at radius 2 is 2.26 bits per heavy atom. The van der Waals surface area contributed by atoms with E-state index in [9.17, 15) is 0 Å². The smallest absolute Gasteiger partial charge is 0.226 e. The first kappa shape index (κ1) is 12.3. The lowest BCUT2D eigenvalue weighted by Crippen LogP contribution is -2.47. The van der Waals surface area contributed by atoms with Crippen molar-refractivity contribution in [1.29, 1.82) is 0 Å². The fourth-order valence-corrected chi connectivity index (χ4v) is 2.34. The molecule has 6 heteroatoms. The largest absolute Gasteiger partial charge is 0.339 e. The third kappa shape index (κ3) is 2.68. The van der Waals surface area contributed by atoms with Crippen LogP contribution in [0.2, 0.25) is 0 Å². The summed E-state index contributed by atoms with van der Waals surface area (Å²) >= 11 is 0. The molecule has 0 unspecified atom stereocenters. The number of likely N-dealkylation sites (tertiary alicyclic amines) is 1. The van der Waals surface area contributed by atoms with E-state index in [1.807, 2.05) is 10.9 Å². The fraction of sp³-hybridized carbons (Fsp3) is 0.615. The Balaban J connectivity index is 1.50. The highest BCUT2D eigenvalue weighted by Crippen LogP contribution is 2.22. The Labute approximate surface area is 112 Å². The van der Waals surface area contributed by atoms with Gasteiger partial charge in [0.2, 0.25) is 5.89 Å². The van der Waals surface area contributed by atoms with Gasteiger partial charge in [0, 0.05) is 25.7 Å². The van der Waals surface area contributed by atoms with Gasteiger partial charge in [-0.15, -0.1) is 0 Å². The Bertz CT molecular complexity index is 541. The molecular formula is C13H19N5O. The van der Waals surface area contributed by atoms with Gasteiger partial charge < -0.3 is 4.52 Å². The number of hydrogen-bond donors (Lipinski definition) is 0. The Kier molecular flexibility index (Phi) is 3.33. The van der Waals surface area contributed by atoms with Crippen LogP contribution in [0, 0.1) is 6.92 Å². The van der Waals surface area contributed by atoms with Crippen molar-refractivity contribution in [3.63, 3.8) is 0 Å². The van der Waals surface area contributed by atoms with Crippen LogP contribution in [0.15, 0.2) is 16.9 Å². The zero-order chi connectivity index (χ0) is 13.2. The molecule has 102 valence electrons. The van der Waals surface area contributed by atoms with Crippen molar-refractivity contribution in [3.05, 3.63) is 29.7 Å². The van der Waals surface area contributed by atoms with Gasteiger partial charge in [-0.1, -0.05) is 12.1 Å². The maximum absolute atomic E-state index is 5.18. The molecular weight excluding hydrogens is 242 g/mol. The Morgan fingerprint density at radius 3 is 2.95 bits per heavy atom. The molecule has 0 aliphatic carbocycles. The van der Waals surface area contributed by atoms with Crippen molar-refractivity contribution >= 4 is 0 Å². The number of rotatable bonds is 5. The number of aromatic nitrogens is 4. The second kappa shape index (κ2) is 5.13. The molecule has 2 aromatic rings. The third-order valence-electron chi connectivity index (χ3n) is 3.38. The highest BCUT2D eigenvalue weighted by Gasteiger charge is 2.29. The second-order valence-corrected chi connectivity index (χ2v) is 5.20. The van der Waals surface area contributed by atoms with E-state index < -0.39 is 0 Å². The molecule has 0 bridgehead atoms. The summed E-state index contributed by atoms with van der Waals surface area (Å²) in [6, 6.07) is 0.482. The van der Waals surface area contributed by atoms with E-state index in [0.29, 0.717) is 6.04 Å². The van der Waals surface area contributed by atoms with Gasteiger partial charge in [-0.05, 0) is 18.9 Å². The number of aryl methyl sites for hydroxylation is 2. The van der Waals surface area contributed by atoms with Crippen LogP contribution in [0.4, 0.5) is 0 Å². The highest BCUT2D eigenvalue weighted by molar-refractivity contribution is 5.02. The van der Waals surface area contributed by atoms with Gasteiger partial charge in [0.15, 0.2) is 5.82 Å². The molecule has 3 heterocycles. The molecule has 2 aromatic heterocycles. The first-order chi connectivity index (χ1) is 9.24. The van der Waals surface area contributed by atoms with Crippen LogP contribution in [0.1, 0.15) is 36.7 Å². The van der Waals surface area contributed by atoms with E-state index in [-0.39, 0.29) is 0 Å². The van der Waals surface area contributed by atoms with Crippen molar-refractivity contribution in [2.45, 2.75) is 39.3 Å². The first-order valence-electron chi connectivity index (χ1n) is 6.79. The lowest BCUT2D eigenvalue weighted by atomic mass is 10.1. The molecule has 0 aromatic carbocycles. The van der Waals surface area contributed by atoms with Gasteiger partial charge in [-0.25, -0.2) is 0 Å².